The average Bonchev–Trinajstić information content (AvgIpc) is 2.83. The Kier molecular flexibility index (Phi) is 3.76. The fraction of sp³-hybridized carbons (Fsp3) is 0.750. The second kappa shape index (κ2) is 4.96. The van der Waals surface area contributed by atoms with Crippen LogP contribution in [0.3, 0.4) is 0 Å². The van der Waals surface area contributed by atoms with Crippen molar-refractivity contribution in [2.45, 2.75) is 45.4 Å². The van der Waals surface area contributed by atoms with Crippen molar-refractivity contribution in [3.05, 3.63) is 16.9 Å². The summed E-state index contributed by atoms with van der Waals surface area (Å²) in [6.07, 6.45) is 2.77. The van der Waals surface area contributed by atoms with Crippen molar-refractivity contribution in [2.24, 2.45) is 11.7 Å². The molecular weight excluding hydrogens is 238 g/mol. The number of halogens is 1. The molecular formula is C12H20ClN3O. The van der Waals surface area contributed by atoms with Gasteiger partial charge in [-0.15, -0.1) is 0 Å². The van der Waals surface area contributed by atoms with E-state index < -0.39 is 0 Å². The Morgan fingerprint density at radius 1 is 1.59 bits per heavy atom. The van der Waals surface area contributed by atoms with Crippen molar-refractivity contribution < 1.29 is 4.74 Å². The van der Waals surface area contributed by atoms with Gasteiger partial charge in [0, 0.05) is 12.6 Å². The molecule has 1 aliphatic heterocycles. The first-order valence-electron chi connectivity index (χ1n) is 6.12. The highest BCUT2D eigenvalue weighted by atomic mass is 35.5. The van der Waals surface area contributed by atoms with E-state index in [2.05, 4.69) is 25.9 Å². The fourth-order valence-electron chi connectivity index (χ4n) is 2.41. The van der Waals surface area contributed by atoms with Gasteiger partial charge in [-0.2, -0.15) is 5.10 Å². The average molecular weight is 258 g/mol. The van der Waals surface area contributed by atoms with E-state index in [-0.39, 0.29) is 18.2 Å². The van der Waals surface area contributed by atoms with Gasteiger partial charge in [0.25, 0.3) is 0 Å². The zero-order chi connectivity index (χ0) is 12.6. The van der Waals surface area contributed by atoms with Crippen LogP contribution in [-0.4, -0.2) is 22.5 Å². The van der Waals surface area contributed by atoms with Crippen molar-refractivity contribution in [1.29, 1.82) is 0 Å². The zero-order valence-electron chi connectivity index (χ0n) is 10.6. The van der Waals surface area contributed by atoms with Gasteiger partial charge in [-0.25, -0.2) is 0 Å². The highest BCUT2D eigenvalue weighted by Crippen LogP contribution is 2.33. The van der Waals surface area contributed by atoms with Gasteiger partial charge < -0.3 is 10.5 Å². The minimum atomic E-state index is -0.204. The SMILES string of the molecule is CC1CCOC1C(N)c1c(Cl)cnn1C(C)C. The monoisotopic (exact) mass is 257 g/mol. The van der Waals surface area contributed by atoms with E-state index in [4.69, 9.17) is 22.1 Å². The Morgan fingerprint density at radius 3 is 2.82 bits per heavy atom. The molecule has 0 saturated carbocycles. The van der Waals surface area contributed by atoms with Gasteiger partial charge in [-0.3, -0.25) is 4.68 Å². The van der Waals surface area contributed by atoms with E-state index in [0.717, 1.165) is 18.7 Å². The zero-order valence-corrected chi connectivity index (χ0v) is 11.3. The molecule has 1 aliphatic rings. The lowest BCUT2D eigenvalue weighted by atomic mass is 9.96. The van der Waals surface area contributed by atoms with Crippen LogP contribution >= 0.6 is 11.6 Å². The van der Waals surface area contributed by atoms with Gasteiger partial charge in [0.2, 0.25) is 0 Å². The third-order valence-corrected chi connectivity index (χ3v) is 3.68. The summed E-state index contributed by atoms with van der Waals surface area (Å²) in [6, 6.07) is 0.0464. The Hall–Kier alpha value is -0.580. The number of aromatic nitrogens is 2. The molecule has 2 heterocycles. The first-order valence-corrected chi connectivity index (χ1v) is 6.50. The van der Waals surface area contributed by atoms with Crippen molar-refractivity contribution >= 4 is 11.6 Å². The van der Waals surface area contributed by atoms with Crippen molar-refractivity contribution in [3.63, 3.8) is 0 Å². The third kappa shape index (κ3) is 2.34. The molecule has 96 valence electrons. The summed E-state index contributed by atoms with van der Waals surface area (Å²) in [5.41, 5.74) is 7.19. The normalized spacial score (nSPS) is 26.7. The molecule has 1 fully saturated rings. The van der Waals surface area contributed by atoms with E-state index in [9.17, 15) is 0 Å². The summed E-state index contributed by atoms with van der Waals surface area (Å²) < 4.78 is 7.61. The van der Waals surface area contributed by atoms with E-state index in [0.29, 0.717) is 10.9 Å². The van der Waals surface area contributed by atoms with E-state index in [1.807, 2.05) is 4.68 Å². The number of rotatable bonds is 3. The number of nitrogens with zero attached hydrogens (tertiary/aromatic N) is 2. The molecule has 0 aromatic carbocycles. The van der Waals surface area contributed by atoms with Gasteiger partial charge in [0.05, 0.1) is 29.1 Å². The van der Waals surface area contributed by atoms with Gasteiger partial charge >= 0.3 is 0 Å². The molecule has 17 heavy (non-hydrogen) atoms. The van der Waals surface area contributed by atoms with Crippen LogP contribution in [-0.2, 0) is 4.74 Å². The van der Waals surface area contributed by atoms with Crippen LogP contribution in [0.15, 0.2) is 6.20 Å². The minimum absolute atomic E-state index is 0.0432. The lowest BCUT2D eigenvalue weighted by Crippen LogP contribution is -2.32. The summed E-state index contributed by atoms with van der Waals surface area (Å²) in [4.78, 5) is 0. The molecule has 2 N–H and O–H groups in total. The van der Waals surface area contributed by atoms with Crippen LogP contribution in [0, 0.1) is 5.92 Å². The van der Waals surface area contributed by atoms with Gasteiger partial charge in [-0.05, 0) is 26.2 Å². The van der Waals surface area contributed by atoms with Crippen molar-refractivity contribution in [2.75, 3.05) is 6.61 Å². The molecule has 1 aromatic rings. The van der Waals surface area contributed by atoms with E-state index in [1.165, 1.54) is 0 Å². The maximum Gasteiger partial charge on any atom is 0.0835 e. The minimum Gasteiger partial charge on any atom is -0.376 e. The molecule has 0 amide bonds. The Balaban J connectivity index is 2.29. The maximum absolute atomic E-state index is 6.30. The largest absolute Gasteiger partial charge is 0.376 e. The Morgan fingerprint density at radius 2 is 2.29 bits per heavy atom. The second-order valence-corrected chi connectivity index (χ2v) is 5.45. The van der Waals surface area contributed by atoms with E-state index >= 15 is 0 Å². The first kappa shape index (κ1) is 12.9. The Labute approximate surface area is 107 Å². The quantitative estimate of drug-likeness (QED) is 0.905. The Bertz CT molecular complexity index is 391. The number of hydrogen-bond donors (Lipinski definition) is 1. The van der Waals surface area contributed by atoms with Crippen molar-refractivity contribution in [1.82, 2.24) is 9.78 Å². The standard InChI is InChI=1S/C12H20ClN3O/c1-7(2)16-11(9(13)6-15-16)10(14)12-8(3)4-5-17-12/h6-8,10,12H,4-5,14H2,1-3H3. The summed E-state index contributed by atoms with van der Waals surface area (Å²) >= 11 is 6.19. The molecule has 0 aliphatic carbocycles. The molecule has 5 heteroatoms. The predicted molar refractivity (Wildman–Crippen MR) is 68.1 cm³/mol. The third-order valence-electron chi connectivity index (χ3n) is 3.39. The highest BCUT2D eigenvalue weighted by Gasteiger charge is 2.34. The number of nitrogens with two attached hydrogens (primary N) is 1. The second-order valence-electron chi connectivity index (χ2n) is 5.04. The molecule has 0 bridgehead atoms. The molecule has 2 rings (SSSR count). The van der Waals surface area contributed by atoms with Gasteiger partial charge in [0.1, 0.15) is 0 Å². The smallest absolute Gasteiger partial charge is 0.0835 e. The van der Waals surface area contributed by atoms with Crippen LogP contribution in [0.25, 0.3) is 0 Å². The number of hydrogen-bond acceptors (Lipinski definition) is 3. The van der Waals surface area contributed by atoms with Crippen LogP contribution in [0.5, 0.6) is 0 Å². The van der Waals surface area contributed by atoms with Gasteiger partial charge in [-0.1, -0.05) is 18.5 Å². The topological polar surface area (TPSA) is 53.1 Å². The molecule has 1 saturated heterocycles. The van der Waals surface area contributed by atoms with Crippen molar-refractivity contribution in [3.8, 4) is 0 Å². The molecule has 0 spiro atoms. The molecule has 1 aromatic heterocycles. The van der Waals surface area contributed by atoms with Crippen LogP contribution in [0.1, 0.15) is 45.0 Å². The van der Waals surface area contributed by atoms with Crippen LogP contribution in [0.4, 0.5) is 0 Å². The highest BCUT2D eigenvalue weighted by molar-refractivity contribution is 6.31. The summed E-state index contributed by atoms with van der Waals surface area (Å²) in [5.74, 6) is 0.469. The maximum atomic E-state index is 6.30. The number of ether oxygens (including phenoxy) is 1. The summed E-state index contributed by atoms with van der Waals surface area (Å²) in [5, 5.41) is 4.92. The van der Waals surface area contributed by atoms with Gasteiger partial charge in [0.15, 0.2) is 0 Å². The van der Waals surface area contributed by atoms with E-state index in [1.54, 1.807) is 6.20 Å². The summed E-state index contributed by atoms with van der Waals surface area (Å²) in [7, 11) is 0. The molecule has 3 atom stereocenters. The molecule has 4 nitrogen and oxygen atoms in total. The molecule has 3 unspecified atom stereocenters. The molecule has 0 radical (unpaired) electrons. The summed E-state index contributed by atoms with van der Waals surface area (Å²) in [6.45, 7) is 7.09. The van der Waals surface area contributed by atoms with Crippen LogP contribution < -0.4 is 5.73 Å². The lowest BCUT2D eigenvalue weighted by molar-refractivity contribution is 0.0697. The predicted octanol–water partition coefficient (Wildman–Crippen LogP) is 2.54. The fourth-order valence-corrected chi connectivity index (χ4v) is 2.66. The van der Waals surface area contributed by atoms with Crippen LogP contribution in [0.2, 0.25) is 5.02 Å². The lowest BCUT2D eigenvalue weighted by Gasteiger charge is -2.24. The first-order chi connectivity index (χ1) is 8.02.